The van der Waals surface area contributed by atoms with E-state index in [1.807, 2.05) is 42.5 Å². The van der Waals surface area contributed by atoms with Gasteiger partial charge in [-0.2, -0.15) is 0 Å². The van der Waals surface area contributed by atoms with Crippen molar-refractivity contribution in [1.29, 1.82) is 0 Å². The van der Waals surface area contributed by atoms with Crippen LogP contribution < -0.4 is 16.6 Å². The van der Waals surface area contributed by atoms with E-state index in [2.05, 4.69) is 5.32 Å². The molecule has 6 heteroatoms. The lowest BCUT2D eigenvalue weighted by molar-refractivity contribution is -0.111. The fourth-order valence-corrected chi connectivity index (χ4v) is 2.62. The molecular formula is C19H17N3O3. The Balaban J connectivity index is 1.87. The molecule has 1 N–H and O–H groups in total. The summed E-state index contributed by atoms with van der Waals surface area (Å²) >= 11 is 0. The summed E-state index contributed by atoms with van der Waals surface area (Å²) in [5, 5.41) is 4.77. The third kappa shape index (κ3) is 3.28. The summed E-state index contributed by atoms with van der Waals surface area (Å²) in [5.74, 6) is -0.354. The number of aryl methyl sites for hydroxylation is 1. The second-order valence-corrected chi connectivity index (χ2v) is 5.69. The predicted octanol–water partition coefficient (Wildman–Crippen LogP) is 1.89. The van der Waals surface area contributed by atoms with E-state index in [1.54, 1.807) is 7.05 Å². The Hall–Kier alpha value is -3.41. The fraction of sp³-hybridized carbons (Fsp3) is 0.105. The van der Waals surface area contributed by atoms with E-state index < -0.39 is 11.2 Å². The monoisotopic (exact) mass is 335 g/mol. The summed E-state index contributed by atoms with van der Waals surface area (Å²) in [6, 6.07) is 13.4. The molecule has 3 rings (SSSR count). The normalized spacial score (nSPS) is 11.1. The first kappa shape index (κ1) is 16.4. The number of nitrogens with zero attached hydrogens (tertiary/aromatic N) is 2. The van der Waals surface area contributed by atoms with Gasteiger partial charge in [0.2, 0.25) is 5.91 Å². The van der Waals surface area contributed by atoms with Crippen LogP contribution in [-0.4, -0.2) is 15.0 Å². The smallest absolute Gasteiger partial charge is 0.322 e. The van der Waals surface area contributed by atoms with Crippen LogP contribution in [0.4, 0.5) is 5.69 Å². The fourth-order valence-electron chi connectivity index (χ4n) is 2.62. The van der Waals surface area contributed by atoms with Crippen molar-refractivity contribution in [1.82, 2.24) is 9.13 Å². The molecule has 3 aromatic rings. The molecule has 0 radical (unpaired) electrons. The summed E-state index contributed by atoms with van der Waals surface area (Å²) in [7, 11) is 2.95. The quantitative estimate of drug-likeness (QED) is 0.743. The van der Waals surface area contributed by atoms with Gasteiger partial charge < -0.3 is 9.88 Å². The van der Waals surface area contributed by atoms with Gasteiger partial charge in [-0.25, -0.2) is 4.79 Å². The molecule has 126 valence electrons. The van der Waals surface area contributed by atoms with Crippen LogP contribution in [0.1, 0.15) is 5.56 Å². The third-order valence-corrected chi connectivity index (χ3v) is 3.93. The Labute approximate surface area is 143 Å². The highest BCUT2D eigenvalue weighted by molar-refractivity contribution is 6.07. The molecule has 1 heterocycles. The minimum absolute atomic E-state index is 0.262. The second-order valence-electron chi connectivity index (χ2n) is 5.69. The van der Waals surface area contributed by atoms with E-state index in [-0.39, 0.29) is 11.5 Å². The molecule has 0 atom stereocenters. The molecule has 2 aromatic carbocycles. The van der Waals surface area contributed by atoms with Crippen molar-refractivity contribution in [2.75, 3.05) is 5.32 Å². The molecule has 0 bridgehead atoms. The standard InChI is InChI=1S/C19H17N3O3/c1-21-12-14(18(24)22(2)19(21)25)10-11-17(23)20-16-9-5-7-13-6-3-4-8-15(13)16/h3-12H,1-2H3,(H,20,23)/b11-10+. The minimum atomic E-state index is -0.447. The molecule has 0 unspecified atom stereocenters. The summed E-state index contributed by atoms with van der Waals surface area (Å²) in [4.78, 5) is 35.9. The maximum Gasteiger partial charge on any atom is 0.330 e. The van der Waals surface area contributed by atoms with Gasteiger partial charge in [0.1, 0.15) is 0 Å². The number of anilines is 1. The number of carbonyl (C=O) groups excluding carboxylic acids is 1. The van der Waals surface area contributed by atoms with Crippen molar-refractivity contribution in [3.8, 4) is 0 Å². The Morgan fingerprint density at radius 1 is 1.04 bits per heavy atom. The highest BCUT2D eigenvalue weighted by Gasteiger charge is 2.06. The first-order chi connectivity index (χ1) is 12.0. The zero-order valence-corrected chi connectivity index (χ0v) is 13.9. The maximum atomic E-state index is 12.2. The molecular weight excluding hydrogens is 318 g/mol. The van der Waals surface area contributed by atoms with Crippen molar-refractivity contribution in [2.45, 2.75) is 0 Å². The van der Waals surface area contributed by atoms with E-state index in [1.165, 1.54) is 30.0 Å². The van der Waals surface area contributed by atoms with Gasteiger partial charge in [0, 0.05) is 37.4 Å². The molecule has 1 aromatic heterocycles. The molecule has 0 spiro atoms. The largest absolute Gasteiger partial charge is 0.330 e. The van der Waals surface area contributed by atoms with Crippen LogP contribution >= 0.6 is 0 Å². The van der Waals surface area contributed by atoms with Gasteiger partial charge in [0.05, 0.1) is 5.56 Å². The van der Waals surface area contributed by atoms with Gasteiger partial charge in [-0.05, 0) is 17.5 Å². The molecule has 0 saturated heterocycles. The summed E-state index contributed by atoms with van der Waals surface area (Å²) in [6.07, 6.45) is 4.09. The number of hydrogen-bond donors (Lipinski definition) is 1. The number of nitrogens with one attached hydrogen (secondary N) is 1. The van der Waals surface area contributed by atoms with Crippen LogP contribution in [0.25, 0.3) is 16.8 Å². The van der Waals surface area contributed by atoms with Crippen molar-refractivity contribution in [3.05, 3.63) is 81.1 Å². The molecule has 0 aliphatic rings. The number of benzene rings is 2. The highest BCUT2D eigenvalue weighted by Crippen LogP contribution is 2.22. The van der Waals surface area contributed by atoms with Crippen molar-refractivity contribution >= 4 is 28.4 Å². The maximum absolute atomic E-state index is 12.2. The van der Waals surface area contributed by atoms with Crippen molar-refractivity contribution in [2.24, 2.45) is 14.1 Å². The van der Waals surface area contributed by atoms with E-state index in [4.69, 9.17) is 0 Å². The zero-order valence-electron chi connectivity index (χ0n) is 13.9. The van der Waals surface area contributed by atoms with Gasteiger partial charge in [-0.1, -0.05) is 36.4 Å². The molecule has 0 saturated carbocycles. The number of rotatable bonds is 3. The molecule has 0 aliphatic heterocycles. The lowest BCUT2D eigenvalue weighted by Crippen LogP contribution is -2.37. The van der Waals surface area contributed by atoms with Crippen LogP contribution in [0.2, 0.25) is 0 Å². The summed E-state index contributed by atoms with van der Waals surface area (Å²) in [5.41, 5.74) is 0.0958. The lowest BCUT2D eigenvalue weighted by atomic mass is 10.1. The van der Waals surface area contributed by atoms with Crippen molar-refractivity contribution < 1.29 is 4.79 Å². The SMILES string of the molecule is Cn1cc(/C=C/C(=O)Nc2cccc3ccccc23)c(=O)n(C)c1=O. The Bertz CT molecular complexity index is 1100. The number of carbonyl (C=O) groups is 1. The number of amides is 1. The number of aromatic nitrogens is 2. The van der Waals surface area contributed by atoms with Gasteiger partial charge in [0.25, 0.3) is 5.56 Å². The van der Waals surface area contributed by atoms with Crippen LogP contribution in [0, 0.1) is 0 Å². The number of fused-ring (bicyclic) bond motifs is 1. The summed E-state index contributed by atoms with van der Waals surface area (Å²) in [6.45, 7) is 0. The summed E-state index contributed by atoms with van der Waals surface area (Å²) < 4.78 is 2.30. The first-order valence-corrected chi connectivity index (χ1v) is 7.71. The van der Waals surface area contributed by atoms with E-state index in [0.717, 1.165) is 15.3 Å². The molecule has 0 aliphatic carbocycles. The zero-order chi connectivity index (χ0) is 18.0. The molecule has 6 nitrogen and oxygen atoms in total. The van der Waals surface area contributed by atoms with Crippen LogP contribution in [0.15, 0.2) is 64.3 Å². The Kier molecular flexibility index (Phi) is 4.35. The first-order valence-electron chi connectivity index (χ1n) is 7.71. The van der Waals surface area contributed by atoms with E-state index in [0.29, 0.717) is 5.69 Å². The van der Waals surface area contributed by atoms with Crippen LogP contribution in [0.5, 0.6) is 0 Å². The van der Waals surface area contributed by atoms with Gasteiger partial charge in [-0.15, -0.1) is 0 Å². The average molecular weight is 335 g/mol. The topological polar surface area (TPSA) is 73.1 Å². The molecule has 25 heavy (non-hydrogen) atoms. The molecule has 1 amide bonds. The van der Waals surface area contributed by atoms with Gasteiger partial charge >= 0.3 is 5.69 Å². The Morgan fingerprint density at radius 2 is 1.76 bits per heavy atom. The minimum Gasteiger partial charge on any atom is -0.322 e. The van der Waals surface area contributed by atoms with E-state index >= 15 is 0 Å². The van der Waals surface area contributed by atoms with Crippen LogP contribution in [0.3, 0.4) is 0 Å². The Morgan fingerprint density at radius 3 is 2.56 bits per heavy atom. The second kappa shape index (κ2) is 6.60. The molecule has 0 fully saturated rings. The number of hydrogen-bond acceptors (Lipinski definition) is 3. The van der Waals surface area contributed by atoms with Crippen molar-refractivity contribution in [3.63, 3.8) is 0 Å². The highest BCUT2D eigenvalue weighted by atomic mass is 16.2. The predicted molar refractivity (Wildman–Crippen MR) is 98.5 cm³/mol. The third-order valence-electron chi connectivity index (χ3n) is 3.93. The van der Waals surface area contributed by atoms with Gasteiger partial charge in [-0.3, -0.25) is 14.2 Å². The van der Waals surface area contributed by atoms with Gasteiger partial charge in [0.15, 0.2) is 0 Å². The van der Waals surface area contributed by atoms with Crippen LogP contribution in [-0.2, 0) is 18.9 Å². The average Bonchev–Trinajstić information content (AvgIpc) is 2.62. The van der Waals surface area contributed by atoms with E-state index in [9.17, 15) is 14.4 Å². The lowest BCUT2D eigenvalue weighted by Gasteiger charge is -2.07.